The average Bonchev–Trinajstić information content (AvgIpc) is 3.26. The number of tetrazole rings is 1. The second kappa shape index (κ2) is 7.39. The van der Waals surface area contributed by atoms with E-state index in [1.807, 2.05) is 0 Å². The van der Waals surface area contributed by atoms with Crippen LogP contribution < -0.4 is 14.6 Å². The molecule has 2 aromatic heterocycles. The van der Waals surface area contributed by atoms with E-state index >= 15 is 0 Å². The van der Waals surface area contributed by atoms with Gasteiger partial charge < -0.3 is 14.6 Å². The van der Waals surface area contributed by atoms with Gasteiger partial charge in [0.1, 0.15) is 17.1 Å². The summed E-state index contributed by atoms with van der Waals surface area (Å²) in [6.45, 7) is 0.814. The molecule has 0 aliphatic carbocycles. The van der Waals surface area contributed by atoms with Crippen molar-refractivity contribution in [1.82, 2.24) is 25.2 Å². The van der Waals surface area contributed by atoms with Crippen LogP contribution in [0, 0.1) is 5.82 Å². The number of hydrogen-bond donors (Lipinski definition) is 2. The molecule has 0 bridgehead atoms. The molecule has 0 unspecified atom stereocenters. The minimum absolute atomic E-state index is 0.0138. The Morgan fingerprint density at radius 2 is 2.00 bits per heavy atom. The molecule has 3 N–H and O–H groups in total. The van der Waals surface area contributed by atoms with Crippen LogP contribution in [0.1, 0.15) is 18.2 Å². The van der Waals surface area contributed by atoms with E-state index in [4.69, 9.17) is 5.14 Å². The zero-order valence-corrected chi connectivity index (χ0v) is 17.1. The predicted octanol–water partition coefficient (Wildman–Crippen LogP) is 0.740. The van der Waals surface area contributed by atoms with Crippen LogP contribution in [0.3, 0.4) is 0 Å². The van der Waals surface area contributed by atoms with Crippen LogP contribution >= 0.6 is 0 Å². The highest BCUT2D eigenvalue weighted by Crippen LogP contribution is 2.44. The zero-order valence-electron chi connectivity index (χ0n) is 16.2. The summed E-state index contributed by atoms with van der Waals surface area (Å²) < 4.78 is 72.4. The minimum Gasteiger partial charge on any atom is -0.395 e. The van der Waals surface area contributed by atoms with Crippen LogP contribution in [-0.4, -0.2) is 50.8 Å². The fourth-order valence-corrected chi connectivity index (χ4v) is 4.00. The fourth-order valence-electron chi connectivity index (χ4n) is 3.07. The summed E-state index contributed by atoms with van der Waals surface area (Å²) in [4.78, 5) is 5.07. The van der Waals surface area contributed by atoms with Gasteiger partial charge in [0.05, 0.1) is 23.6 Å². The van der Waals surface area contributed by atoms with Gasteiger partial charge in [0.2, 0.25) is 15.8 Å². The highest BCUT2D eigenvalue weighted by molar-refractivity contribution is 7.89. The Morgan fingerprint density at radius 3 is 2.72 bits per heavy atom. The summed E-state index contributed by atoms with van der Waals surface area (Å²) in [5, 5.41) is 27.0. The largest absolute Gasteiger partial charge is 0.586 e. The molecule has 0 saturated heterocycles. The average molecular weight is 472 g/mol. The van der Waals surface area contributed by atoms with Crippen LogP contribution in [0.4, 0.5) is 13.2 Å². The Labute approximate surface area is 178 Å². The highest BCUT2D eigenvalue weighted by Gasteiger charge is 2.45. The number of aliphatic hydroxyl groups is 1. The lowest BCUT2D eigenvalue weighted by Crippen LogP contribution is -2.35. The summed E-state index contributed by atoms with van der Waals surface area (Å²) >= 11 is 0. The van der Waals surface area contributed by atoms with E-state index in [9.17, 15) is 26.7 Å². The van der Waals surface area contributed by atoms with Crippen molar-refractivity contribution in [3.05, 3.63) is 47.4 Å². The molecule has 0 saturated carbocycles. The van der Waals surface area contributed by atoms with Gasteiger partial charge in [0.25, 0.3) is 0 Å². The van der Waals surface area contributed by atoms with Gasteiger partial charge in [-0.1, -0.05) is 6.07 Å². The van der Waals surface area contributed by atoms with Crippen LogP contribution in [0.25, 0.3) is 11.5 Å². The van der Waals surface area contributed by atoms with Crippen molar-refractivity contribution in [3.8, 4) is 23.0 Å². The Kier molecular flexibility index (Phi) is 5.06. The smallest absolute Gasteiger partial charge is 0.395 e. The van der Waals surface area contributed by atoms with Crippen molar-refractivity contribution < 1.29 is 36.2 Å². The number of pyridine rings is 1. The molecule has 0 radical (unpaired) electrons. The number of sulfonamides is 1. The van der Waals surface area contributed by atoms with Crippen LogP contribution in [0.2, 0.25) is 0 Å². The van der Waals surface area contributed by atoms with Gasteiger partial charge in [-0.05, 0) is 36.4 Å². The van der Waals surface area contributed by atoms with Crippen molar-refractivity contribution in [2.75, 3.05) is 5.75 Å². The SMILES string of the molecule is C[C@](O)(CS(N)(=O)=O)c1cccc(-c2nnn(Cc3c(F)ccc4c3OC(F)(F)O4)n2)n1. The van der Waals surface area contributed by atoms with E-state index in [0.29, 0.717) is 0 Å². The van der Waals surface area contributed by atoms with Gasteiger partial charge >= 0.3 is 6.29 Å². The van der Waals surface area contributed by atoms with Crippen molar-refractivity contribution in [2.24, 2.45) is 5.14 Å². The number of benzene rings is 1. The van der Waals surface area contributed by atoms with E-state index in [0.717, 1.165) is 16.9 Å². The number of fused-ring (bicyclic) bond motifs is 1. The maximum absolute atomic E-state index is 14.3. The van der Waals surface area contributed by atoms with Gasteiger partial charge in [-0.15, -0.1) is 19.0 Å². The number of rotatable bonds is 6. The van der Waals surface area contributed by atoms with Gasteiger partial charge in [-0.25, -0.2) is 22.9 Å². The van der Waals surface area contributed by atoms with E-state index in [1.165, 1.54) is 25.1 Å². The maximum atomic E-state index is 14.3. The molecule has 1 atom stereocenters. The molecular formula is C17H15F3N6O5S. The molecule has 170 valence electrons. The summed E-state index contributed by atoms with van der Waals surface area (Å²) in [5.41, 5.74) is -2.06. The molecule has 3 aromatic rings. The molecule has 1 aliphatic rings. The standard InChI is InChI=1S/C17H15F3N6O5S/c1-16(27,8-32(21,28)29)13-4-2-3-11(22-13)15-23-25-26(24-15)7-9-10(18)5-6-12-14(9)31-17(19,20)30-12/h2-6,27H,7-8H2,1H3,(H2,21,28,29)/t16-/m0/s1. The van der Waals surface area contributed by atoms with Gasteiger partial charge in [-0.2, -0.15) is 4.80 Å². The Balaban J connectivity index is 1.61. The fraction of sp³-hybridized carbons (Fsp3) is 0.294. The molecular weight excluding hydrogens is 457 g/mol. The second-order valence-corrected chi connectivity index (χ2v) is 8.77. The maximum Gasteiger partial charge on any atom is 0.586 e. The Morgan fingerprint density at radius 1 is 1.25 bits per heavy atom. The molecule has 4 rings (SSSR count). The van der Waals surface area contributed by atoms with Crippen molar-refractivity contribution in [2.45, 2.75) is 25.4 Å². The number of aromatic nitrogens is 5. The van der Waals surface area contributed by atoms with Crippen molar-refractivity contribution in [1.29, 1.82) is 0 Å². The molecule has 1 aromatic carbocycles. The number of ether oxygens (including phenoxy) is 2. The first-order valence-electron chi connectivity index (χ1n) is 8.89. The lowest BCUT2D eigenvalue weighted by Gasteiger charge is -2.21. The quantitative estimate of drug-likeness (QED) is 0.528. The van der Waals surface area contributed by atoms with E-state index in [1.54, 1.807) is 0 Å². The first-order valence-corrected chi connectivity index (χ1v) is 10.6. The summed E-state index contributed by atoms with van der Waals surface area (Å²) in [7, 11) is -4.00. The van der Waals surface area contributed by atoms with Crippen LogP contribution in [0.5, 0.6) is 11.5 Å². The zero-order chi connectivity index (χ0) is 23.3. The Bertz CT molecular complexity index is 1300. The predicted molar refractivity (Wildman–Crippen MR) is 100 cm³/mol. The summed E-state index contributed by atoms with van der Waals surface area (Å²) in [6.07, 6.45) is -3.93. The van der Waals surface area contributed by atoms with Crippen molar-refractivity contribution in [3.63, 3.8) is 0 Å². The second-order valence-electron chi connectivity index (χ2n) is 7.15. The normalized spacial score (nSPS) is 16.7. The molecule has 11 nitrogen and oxygen atoms in total. The Hall–Kier alpha value is -3.30. The highest BCUT2D eigenvalue weighted by atomic mass is 32.2. The summed E-state index contributed by atoms with van der Waals surface area (Å²) in [6, 6.07) is 6.29. The topological polar surface area (TPSA) is 155 Å². The molecule has 0 spiro atoms. The molecule has 32 heavy (non-hydrogen) atoms. The van der Waals surface area contributed by atoms with Gasteiger partial charge in [-0.3, -0.25) is 0 Å². The molecule has 0 amide bonds. The van der Waals surface area contributed by atoms with Crippen LogP contribution in [-0.2, 0) is 22.2 Å². The molecule has 15 heteroatoms. The number of hydrogen-bond acceptors (Lipinski definition) is 9. The van der Waals surface area contributed by atoms with Gasteiger partial charge in [0, 0.05) is 0 Å². The molecule has 1 aliphatic heterocycles. The van der Waals surface area contributed by atoms with E-state index < -0.39 is 45.8 Å². The number of alkyl halides is 2. The molecule has 3 heterocycles. The lowest BCUT2D eigenvalue weighted by molar-refractivity contribution is -0.287. The van der Waals surface area contributed by atoms with E-state index in [-0.39, 0.29) is 28.5 Å². The summed E-state index contributed by atoms with van der Waals surface area (Å²) in [5.74, 6) is -2.48. The van der Waals surface area contributed by atoms with Gasteiger partial charge in [0.15, 0.2) is 11.5 Å². The first kappa shape index (κ1) is 21.9. The minimum atomic E-state index is -4.00. The third kappa shape index (κ3) is 4.49. The number of halogens is 3. The number of nitrogens with zero attached hydrogens (tertiary/aromatic N) is 5. The number of primary sulfonamides is 1. The molecule has 0 fully saturated rings. The lowest BCUT2D eigenvalue weighted by atomic mass is 10.0. The third-order valence-corrected chi connectivity index (χ3v) is 5.35. The van der Waals surface area contributed by atoms with Crippen molar-refractivity contribution >= 4 is 10.0 Å². The van der Waals surface area contributed by atoms with E-state index in [2.05, 4.69) is 29.9 Å². The number of nitrogens with two attached hydrogens (primary N) is 1. The van der Waals surface area contributed by atoms with Crippen LogP contribution in [0.15, 0.2) is 30.3 Å². The third-order valence-electron chi connectivity index (χ3n) is 4.38. The first-order chi connectivity index (χ1) is 14.8. The monoisotopic (exact) mass is 472 g/mol.